The number of nitrogens with one attached hydrogen (secondary N) is 1. The van der Waals surface area contributed by atoms with Crippen LogP contribution in [0, 0.1) is 12.7 Å². The predicted octanol–water partition coefficient (Wildman–Crippen LogP) is 2.14. The van der Waals surface area contributed by atoms with Crippen LogP contribution in [0.3, 0.4) is 0 Å². The van der Waals surface area contributed by atoms with Gasteiger partial charge in [0, 0.05) is 25.7 Å². The Kier molecular flexibility index (Phi) is 4.78. The number of carbonyl (C=O) groups is 1. The van der Waals surface area contributed by atoms with E-state index in [1.165, 1.54) is 12.3 Å². The van der Waals surface area contributed by atoms with Gasteiger partial charge in [0.25, 0.3) is 5.91 Å². The first-order chi connectivity index (χ1) is 11.6. The molecule has 3 rings (SSSR count). The van der Waals surface area contributed by atoms with Crippen LogP contribution in [0.4, 0.5) is 10.1 Å². The van der Waals surface area contributed by atoms with Crippen molar-refractivity contribution in [2.75, 3.05) is 18.0 Å². The normalized spacial score (nSPS) is 15.5. The molecule has 7 heteroatoms. The van der Waals surface area contributed by atoms with Gasteiger partial charge in [-0.15, -0.1) is 5.10 Å². The average molecular weight is 331 g/mol. The summed E-state index contributed by atoms with van der Waals surface area (Å²) in [6, 6.07) is 5.25. The number of hydrogen-bond donors (Lipinski definition) is 1. The first kappa shape index (κ1) is 16.4. The zero-order valence-electron chi connectivity index (χ0n) is 14.0. The summed E-state index contributed by atoms with van der Waals surface area (Å²) in [6.07, 6.45) is 3.05. The highest BCUT2D eigenvalue weighted by Crippen LogP contribution is 2.24. The van der Waals surface area contributed by atoms with Crippen LogP contribution in [0.5, 0.6) is 0 Å². The molecule has 0 atom stereocenters. The molecular weight excluding hydrogens is 309 g/mol. The molecule has 0 saturated carbocycles. The maximum Gasteiger partial charge on any atom is 0.271 e. The van der Waals surface area contributed by atoms with Crippen LogP contribution >= 0.6 is 0 Å². The number of piperidine rings is 1. The van der Waals surface area contributed by atoms with Crippen LogP contribution in [-0.4, -0.2) is 40.0 Å². The summed E-state index contributed by atoms with van der Waals surface area (Å²) in [4.78, 5) is 14.4. The Balaban J connectivity index is 1.59. The Morgan fingerprint density at radius 1 is 1.38 bits per heavy atom. The molecule has 0 bridgehead atoms. The monoisotopic (exact) mass is 331 g/mol. The van der Waals surface area contributed by atoms with Crippen molar-refractivity contribution in [3.05, 3.63) is 41.5 Å². The van der Waals surface area contributed by atoms with E-state index in [1.807, 2.05) is 24.8 Å². The van der Waals surface area contributed by atoms with Gasteiger partial charge in [-0.05, 0) is 44.4 Å². The second-order valence-electron chi connectivity index (χ2n) is 6.12. The van der Waals surface area contributed by atoms with Gasteiger partial charge in [-0.2, -0.15) is 0 Å². The molecule has 6 nitrogen and oxygen atoms in total. The summed E-state index contributed by atoms with van der Waals surface area (Å²) in [5, 5.41) is 10.7. The van der Waals surface area contributed by atoms with E-state index in [0.717, 1.165) is 31.5 Å². The Morgan fingerprint density at radius 2 is 2.12 bits per heavy atom. The second-order valence-corrected chi connectivity index (χ2v) is 6.12. The van der Waals surface area contributed by atoms with Gasteiger partial charge < -0.3 is 10.2 Å². The zero-order chi connectivity index (χ0) is 17.1. The quantitative estimate of drug-likeness (QED) is 0.932. The molecule has 0 radical (unpaired) electrons. The van der Waals surface area contributed by atoms with Crippen LogP contribution < -0.4 is 10.2 Å². The number of rotatable bonds is 4. The summed E-state index contributed by atoms with van der Waals surface area (Å²) in [7, 11) is 0. The topological polar surface area (TPSA) is 63.1 Å². The van der Waals surface area contributed by atoms with Crippen molar-refractivity contribution in [1.29, 1.82) is 0 Å². The lowest BCUT2D eigenvalue weighted by Crippen LogP contribution is -2.45. The fraction of sp³-hybridized carbons (Fsp3) is 0.471. The lowest BCUT2D eigenvalue weighted by molar-refractivity contribution is 0.0920. The summed E-state index contributed by atoms with van der Waals surface area (Å²) < 4.78 is 15.6. The van der Waals surface area contributed by atoms with E-state index >= 15 is 0 Å². The van der Waals surface area contributed by atoms with E-state index in [-0.39, 0.29) is 17.8 Å². The summed E-state index contributed by atoms with van der Waals surface area (Å²) in [5.41, 5.74) is 2.17. The van der Waals surface area contributed by atoms with Crippen LogP contribution in [0.15, 0.2) is 24.4 Å². The van der Waals surface area contributed by atoms with Gasteiger partial charge in [0.05, 0.1) is 11.9 Å². The highest BCUT2D eigenvalue weighted by molar-refractivity contribution is 5.92. The van der Waals surface area contributed by atoms with Gasteiger partial charge in [0.2, 0.25) is 0 Å². The Bertz CT molecular complexity index is 722. The van der Waals surface area contributed by atoms with E-state index in [1.54, 1.807) is 10.7 Å². The number of aryl methyl sites for hydroxylation is 2. The van der Waals surface area contributed by atoms with E-state index in [4.69, 9.17) is 0 Å². The number of anilines is 1. The summed E-state index contributed by atoms with van der Waals surface area (Å²) in [5.74, 6) is -0.344. The van der Waals surface area contributed by atoms with Crippen molar-refractivity contribution < 1.29 is 9.18 Å². The third kappa shape index (κ3) is 3.39. The van der Waals surface area contributed by atoms with Crippen LogP contribution in [0.1, 0.15) is 35.8 Å². The van der Waals surface area contributed by atoms with Gasteiger partial charge in [0.15, 0.2) is 0 Å². The van der Waals surface area contributed by atoms with Crippen LogP contribution in [0.2, 0.25) is 0 Å². The third-order valence-corrected chi connectivity index (χ3v) is 4.42. The number of amides is 1. The Hall–Kier alpha value is -2.44. The minimum atomic E-state index is -0.194. The minimum absolute atomic E-state index is 0.0850. The van der Waals surface area contributed by atoms with Crippen molar-refractivity contribution >= 4 is 11.6 Å². The maximum absolute atomic E-state index is 14.0. The Labute approximate surface area is 140 Å². The molecular formula is C17H22FN5O. The van der Waals surface area contributed by atoms with Gasteiger partial charge in [-0.25, -0.2) is 9.07 Å². The lowest BCUT2D eigenvalue weighted by Gasteiger charge is -2.34. The number of benzene rings is 1. The van der Waals surface area contributed by atoms with Crippen LogP contribution in [0.25, 0.3) is 0 Å². The molecule has 1 aliphatic rings. The molecule has 1 N–H and O–H groups in total. The fourth-order valence-electron chi connectivity index (χ4n) is 3.06. The van der Waals surface area contributed by atoms with Crippen molar-refractivity contribution in [2.24, 2.45) is 0 Å². The van der Waals surface area contributed by atoms with Crippen molar-refractivity contribution in [3.63, 3.8) is 0 Å². The summed E-state index contributed by atoms with van der Waals surface area (Å²) in [6.45, 7) is 5.92. The molecule has 0 spiro atoms. The smallest absolute Gasteiger partial charge is 0.271 e. The molecule has 1 aromatic heterocycles. The minimum Gasteiger partial charge on any atom is -0.369 e. The number of nitrogens with zero attached hydrogens (tertiary/aromatic N) is 4. The fourth-order valence-corrected chi connectivity index (χ4v) is 3.06. The van der Waals surface area contributed by atoms with Gasteiger partial charge in [0.1, 0.15) is 11.5 Å². The van der Waals surface area contributed by atoms with Crippen LogP contribution in [-0.2, 0) is 6.54 Å². The SMILES string of the molecule is CCn1nncc1C(=O)NC1CCN(c2cc(C)ccc2F)CC1. The second kappa shape index (κ2) is 6.98. The summed E-state index contributed by atoms with van der Waals surface area (Å²) >= 11 is 0. The van der Waals surface area contributed by atoms with Gasteiger partial charge in [-0.1, -0.05) is 11.3 Å². The maximum atomic E-state index is 14.0. The predicted molar refractivity (Wildman–Crippen MR) is 89.5 cm³/mol. The molecule has 128 valence electrons. The van der Waals surface area contributed by atoms with Crippen molar-refractivity contribution in [3.8, 4) is 0 Å². The first-order valence-electron chi connectivity index (χ1n) is 8.29. The van der Waals surface area contributed by atoms with E-state index in [9.17, 15) is 9.18 Å². The average Bonchev–Trinajstić information content (AvgIpc) is 3.07. The van der Waals surface area contributed by atoms with E-state index < -0.39 is 0 Å². The number of hydrogen-bond acceptors (Lipinski definition) is 4. The number of aromatic nitrogens is 3. The van der Waals surface area contributed by atoms with Gasteiger partial charge in [-0.3, -0.25) is 4.79 Å². The lowest BCUT2D eigenvalue weighted by atomic mass is 10.0. The molecule has 1 fully saturated rings. The molecule has 2 heterocycles. The number of carbonyl (C=O) groups excluding carboxylic acids is 1. The third-order valence-electron chi connectivity index (χ3n) is 4.42. The van der Waals surface area contributed by atoms with Crippen molar-refractivity contribution in [2.45, 2.75) is 39.3 Å². The Morgan fingerprint density at radius 3 is 2.83 bits per heavy atom. The zero-order valence-corrected chi connectivity index (χ0v) is 14.0. The molecule has 24 heavy (non-hydrogen) atoms. The van der Waals surface area contributed by atoms with Crippen molar-refractivity contribution in [1.82, 2.24) is 20.3 Å². The molecule has 1 aromatic carbocycles. The highest BCUT2D eigenvalue weighted by Gasteiger charge is 2.24. The molecule has 2 aromatic rings. The molecule has 1 aliphatic heterocycles. The van der Waals surface area contributed by atoms with E-state index in [2.05, 4.69) is 15.6 Å². The number of halogens is 1. The molecule has 0 aliphatic carbocycles. The first-order valence-corrected chi connectivity index (χ1v) is 8.29. The highest BCUT2D eigenvalue weighted by atomic mass is 19.1. The largest absolute Gasteiger partial charge is 0.369 e. The molecule has 1 amide bonds. The standard InChI is InChI=1S/C17H22FN5O/c1-3-23-16(11-19-21-23)17(24)20-13-6-8-22(9-7-13)15-10-12(2)4-5-14(15)18/h4-5,10-11,13H,3,6-9H2,1-2H3,(H,20,24). The molecule has 0 unspecified atom stereocenters. The van der Waals surface area contributed by atoms with E-state index in [0.29, 0.717) is 17.9 Å². The van der Waals surface area contributed by atoms with Gasteiger partial charge >= 0.3 is 0 Å². The molecule has 1 saturated heterocycles.